The average Bonchev–Trinajstić information content (AvgIpc) is 2.42. The first-order chi connectivity index (χ1) is 10.2. The standard InChI is InChI=1S/C17H22N4O/c1-11-6-7-13(8-12(11)2)20-16(22)14-9-19-15(10-18-14)21-17(3,4)5/h6-10H,1-5H3,(H,19,21)(H,20,22). The van der Waals surface area contributed by atoms with Gasteiger partial charge in [0, 0.05) is 11.2 Å². The Balaban J connectivity index is 2.08. The van der Waals surface area contributed by atoms with Crippen LogP contribution in [-0.2, 0) is 0 Å². The van der Waals surface area contributed by atoms with Crippen LogP contribution >= 0.6 is 0 Å². The van der Waals surface area contributed by atoms with Gasteiger partial charge in [-0.3, -0.25) is 4.79 Å². The van der Waals surface area contributed by atoms with Crippen LogP contribution in [0.5, 0.6) is 0 Å². The van der Waals surface area contributed by atoms with Crippen LogP contribution in [0.3, 0.4) is 0 Å². The van der Waals surface area contributed by atoms with E-state index in [0.29, 0.717) is 5.82 Å². The fourth-order valence-corrected chi connectivity index (χ4v) is 1.91. The molecule has 0 aliphatic heterocycles. The smallest absolute Gasteiger partial charge is 0.275 e. The van der Waals surface area contributed by atoms with Gasteiger partial charge in [0.25, 0.3) is 5.91 Å². The molecule has 0 fully saturated rings. The van der Waals surface area contributed by atoms with E-state index in [1.165, 1.54) is 11.8 Å². The topological polar surface area (TPSA) is 66.9 Å². The molecule has 2 aromatic rings. The zero-order valence-electron chi connectivity index (χ0n) is 13.7. The number of hydrogen-bond donors (Lipinski definition) is 2. The van der Waals surface area contributed by atoms with Crippen molar-refractivity contribution in [2.75, 3.05) is 10.6 Å². The molecule has 1 heterocycles. The summed E-state index contributed by atoms with van der Waals surface area (Å²) in [6.45, 7) is 10.2. The van der Waals surface area contributed by atoms with Gasteiger partial charge in [-0.15, -0.1) is 0 Å². The molecule has 0 spiro atoms. The second-order valence-electron chi connectivity index (χ2n) is 6.42. The van der Waals surface area contributed by atoms with Crippen molar-refractivity contribution >= 4 is 17.4 Å². The van der Waals surface area contributed by atoms with Gasteiger partial charge in [0.15, 0.2) is 0 Å². The van der Waals surface area contributed by atoms with Gasteiger partial charge in [-0.2, -0.15) is 0 Å². The summed E-state index contributed by atoms with van der Waals surface area (Å²) >= 11 is 0. The molecule has 0 aliphatic rings. The van der Waals surface area contributed by atoms with E-state index in [1.54, 1.807) is 6.20 Å². The molecule has 2 N–H and O–H groups in total. The van der Waals surface area contributed by atoms with Crippen LogP contribution in [0.15, 0.2) is 30.6 Å². The molecule has 0 bridgehead atoms. The highest BCUT2D eigenvalue weighted by Gasteiger charge is 2.12. The summed E-state index contributed by atoms with van der Waals surface area (Å²) in [5.74, 6) is 0.383. The summed E-state index contributed by atoms with van der Waals surface area (Å²) in [6.07, 6.45) is 3.05. The van der Waals surface area contributed by atoms with Gasteiger partial charge in [-0.05, 0) is 57.9 Å². The van der Waals surface area contributed by atoms with Crippen molar-refractivity contribution in [2.24, 2.45) is 0 Å². The predicted molar refractivity (Wildman–Crippen MR) is 89.3 cm³/mol. The maximum Gasteiger partial charge on any atom is 0.275 e. The van der Waals surface area contributed by atoms with Crippen molar-refractivity contribution in [1.82, 2.24) is 9.97 Å². The third kappa shape index (κ3) is 4.28. The molecule has 0 radical (unpaired) electrons. The molecule has 1 amide bonds. The highest BCUT2D eigenvalue weighted by molar-refractivity contribution is 6.02. The molecule has 0 aliphatic carbocycles. The number of rotatable bonds is 3. The number of anilines is 2. The van der Waals surface area contributed by atoms with Gasteiger partial charge in [-0.1, -0.05) is 6.07 Å². The van der Waals surface area contributed by atoms with Gasteiger partial charge < -0.3 is 10.6 Å². The Hall–Kier alpha value is -2.43. The van der Waals surface area contributed by atoms with E-state index in [4.69, 9.17) is 0 Å². The molecule has 0 atom stereocenters. The monoisotopic (exact) mass is 298 g/mol. The minimum absolute atomic E-state index is 0.0993. The number of amides is 1. The first-order valence-corrected chi connectivity index (χ1v) is 7.23. The number of aromatic nitrogens is 2. The lowest BCUT2D eigenvalue weighted by molar-refractivity contribution is 0.102. The Morgan fingerprint density at radius 2 is 1.77 bits per heavy atom. The summed E-state index contributed by atoms with van der Waals surface area (Å²) in [5, 5.41) is 6.04. The molecular weight excluding hydrogens is 276 g/mol. The van der Waals surface area contributed by atoms with Crippen molar-refractivity contribution in [3.05, 3.63) is 47.4 Å². The zero-order valence-corrected chi connectivity index (χ0v) is 13.7. The molecule has 0 saturated carbocycles. The van der Waals surface area contributed by atoms with E-state index in [0.717, 1.165) is 11.3 Å². The lowest BCUT2D eigenvalue weighted by Crippen LogP contribution is -2.27. The van der Waals surface area contributed by atoms with Crippen molar-refractivity contribution in [3.63, 3.8) is 0 Å². The number of carbonyl (C=O) groups is 1. The van der Waals surface area contributed by atoms with Crippen LogP contribution in [0.4, 0.5) is 11.5 Å². The second-order valence-corrected chi connectivity index (χ2v) is 6.42. The van der Waals surface area contributed by atoms with E-state index in [2.05, 4.69) is 20.6 Å². The number of benzene rings is 1. The Kier molecular flexibility index (Phi) is 4.45. The highest BCUT2D eigenvalue weighted by atomic mass is 16.1. The van der Waals surface area contributed by atoms with Crippen LogP contribution in [0.2, 0.25) is 0 Å². The van der Waals surface area contributed by atoms with Gasteiger partial charge in [0.2, 0.25) is 0 Å². The maximum atomic E-state index is 12.2. The fourth-order valence-electron chi connectivity index (χ4n) is 1.91. The van der Waals surface area contributed by atoms with E-state index >= 15 is 0 Å². The number of nitrogens with one attached hydrogen (secondary N) is 2. The van der Waals surface area contributed by atoms with Crippen LogP contribution in [0.25, 0.3) is 0 Å². The predicted octanol–water partition coefficient (Wildman–Crippen LogP) is 3.56. The Morgan fingerprint density at radius 1 is 1.05 bits per heavy atom. The zero-order chi connectivity index (χ0) is 16.3. The molecule has 1 aromatic heterocycles. The summed E-state index contributed by atoms with van der Waals surface area (Å²) < 4.78 is 0. The Labute approximate surface area is 131 Å². The van der Waals surface area contributed by atoms with Crippen LogP contribution in [0.1, 0.15) is 42.4 Å². The maximum absolute atomic E-state index is 12.2. The van der Waals surface area contributed by atoms with Crippen LogP contribution < -0.4 is 10.6 Å². The third-order valence-electron chi connectivity index (χ3n) is 3.15. The highest BCUT2D eigenvalue weighted by Crippen LogP contribution is 2.15. The number of hydrogen-bond acceptors (Lipinski definition) is 4. The van der Waals surface area contributed by atoms with Crippen molar-refractivity contribution < 1.29 is 4.79 Å². The van der Waals surface area contributed by atoms with Crippen molar-refractivity contribution in [1.29, 1.82) is 0 Å². The lowest BCUT2D eigenvalue weighted by Gasteiger charge is -2.20. The molecule has 1 aromatic carbocycles. The van der Waals surface area contributed by atoms with Crippen molar-refractivity contribution in [2.45, 2.75) is 40.2 Å². The SMILES string of the molecule is Cc1ccc(NC(=O)c2cnc(NC(C)(C)C)cn2)cc1C. The number of carbonyl (C=O) groups excluding carboxylic acids is 1. The van der Waals surface area contributed by atoms with E-state index < -0.39 is 0 Å². The van der Waals surface area contributed by atoms with Gasteiger partial charge in [0.05, 0.1) is 12.4 Å². The summed E-state index contributed by atoms with van der Waals surface area (Å²) in [5.41, 5.74) is 3.27. The summed E-state index contributed by atoms with van der Waals surface area (Å²) in [4.78, 5) is 20.6. The largest absolute Gasteiger partial charge is 0.364 e. The number of aryl methyl sites for hydroxylation is 2. The van der Waals surface area contributed by atoms with E-state index in [9.17, 15) is 4.79 Å². The molecule has 116 valence electrons. The first-order valence-electron chi connectivity index (χ1n) is 7.23. The molecule has 2 rings (SSSR count). The van der Waals surface area contributed by atoms with Crippen LogP contribution in [-0.4, -0.2) is 21.4 Å². The normalized spacial score (nSPS) is 11.1. The Morgan fingerprint density at radius 3 is 2.32 bits per heavy atom. The van der Waals surface area contributed by atoms with Gasteiger partial charge in [-0.25, -0.2) is 9.97 Å². The number of nitrogens with zero attached hydrogens (tertiary/aromatic N) is 2. The van der Waals surface area contributed by atoms with Gasteiger partial charge >= 0.3 is 0 Å². The minimum Gasteiger partial charge on any atom is -0.364 e. The van der Waals surface area contributed by atoms with Gasteiger partial charge in [0.1, 0.15) is 11.5 Å². The average molecular weight is 298 g/mol. The molecular formula is C17H22N4O. The van der Waals surface area contributed by atoms with E-state index in [1.807, 2.05) is 52.8 Å². The molecule has 0 saturated heterocycles. The molecule has 0 unspecified atom stereocenters. The third-order valence-corrected chi connectivity index (χ3v) is 3.15. The molecule has 22 heavy (non-hydrogen) atoms. The Bertz CT molecular complexity index is 672. The van der Waals surface area contributed by atoms with E-state index in [-0.39, 0.29) is 17.1 Å². The molecule has 5 nitrogen and oxygen atoms in total. The van der Waals surface area contributed by atoms with Crippen LogP contribution in [0, 0.1) is 13.8 Å². The second kappa shape index (κ2) is 6.13. The fraction of sp³-hybridized carbons (Fsp3) is 0.353. The van der Waals surface area contributed by atoms with Crippen molar-refractivity contribution in [3.8, 4) is 0 Å². The minimum atomic E-state index is -0.266. The quantitative estimate of drug-likeness (QED) is 0.909. The molecule has 5 heteroatoms. The summed E-state index contributed by atoms with van der Waals surface area (Å²) in [7, 11) is 0. The summed E-state index contributed by atoms with van der Waals surface area (Å²) in [6, 6.07) is 5.80. The first kappa shape index (κ1) is 15.9. The lowest BCUT2D eigenvalue weighted by atomic mass is 10.1.